The molecule has 26 heavy (non-hydrogen) atoms. The van der Waals surface area contributed by atoms with Gasteiger partial charge in [-0.25, -0.2) is 9.59 Å². The number of nitrogens with one attached hydrogen (secondary N) is 1. The Labute approximate surface area is 153 Å². The van der Waals surface area contributed by atoms with Crippen molar-refractivity contribution in [3.8, 4) is 11.1 Å². The number of hydrogen-bond donors (Lipinski definition) is 2. The van der Waals surface area contributed by atoms with Gasteiger partial charge >= 0.3 is 12.1 Å². The van der Waals surface area contributed by atoms with Gasteiger partial charge in [-0.2, -0.15) is 0 Å². The van der Waals surface area contributed by atoms with Crippen molar-refractivity contribution in [3.05, 3.63) is 76.0 Å². The molecule has 0 spiro atoms. The van der Waals surface area contributed by atoms with Crippen LogP contribution in [0.3, 0.4) is 0 Å². The third-order valence-corrected chi connectivity index (χ3v) is 5.32. The summed E-state index contributed by atoms with van der Waals surface area (Å²) in [6, 6.07) is 17.6. The summed E-state index contributed by atoms with van der Waals surface area (Å²) in [4.78, 5) is 23.2. The van der Waals surface area contributed by atoms with Gasteiger partial charge < -0.3 is 9.84 Å². The molecule has 2 aromatic carbocycles. The van der Waals surface area contributed by atoms with E-state index in [1.54, 1.807) is 5.38 Å². The van der Waals surface area contributed by atoms with Gasteiger partial charge in [0, 0.05) is 11.3 Å². The van der Waals surface area contributed by atoms with E-state index in [0.29, 0.717) is 5.69 Å². The monoisotopic (exact) mass is 365 g/mol. The van der Waals surface area contributed by atoms with Crippen LogP contribution in [-0.2, 0) is 4.74 Å². The van der Waals surface area contributed by atoms with Crippen molar-refractivity contribution in [3.63, 3.8) is 0 Å². The molecule has 5 nitrogen and oxygen atoms in total. The molecule has 0 atom stereocenters. The fourth-order valence-corrected chi connectivity index (χ4v) is 3.94. The molecule has 6 heteroatoms. The number of anilines is 1. The molecule has 130 valence electrons. The lowest BCUT2D eigenvalue weighted by atomic mass is 9.98. The van der Waals surface area contributed by atoms with E-state index in [9.17, 15) is 9.59 Å². The van der Waals surface area contributed by atoms with Crippen LogP contribution in [0.5, 0.6) is 0 Å². The molecule has 0 fully saturated rings. The van der Waals surface area contributed by atoms with Gasteiger partial charge in [0.2, 0.25) is 0 Å². The van der Waals surface area contributed by atoms with Gasteiger partial charge in [0.05, 0.1) is 5.69 Å². The minimum absolute atomic E-state index is 0.00907. The Morgan fingerprint density at radius 1 is 1.04 bits per heavy atom. The summed E-state index contributed by atoms with van der Waals surface area (Å²) in [5, 5.41) is 13.1. The number of carbonyl (C=O) groups is 2. The average Bonchev–Trinajstić information content (AvgIpc) is 3.23. The maximum atomic E-state index is 12.1. The highest BCUT2D eigenvalue weighted by Crippen LogP contribution is 2.44. The van der Waals surface area contributed by atoms with Crippen molar-refractivity contribution in [1.82, 2.24) is 0 Å². The van der Waals surface area contributed by atoms with Crippen molar-refractivity contribution in [2.45, 2.75) is 5.92 Å². The van der Waals surface area contributed by atoms with E-state index in [0.717, 1.165) is 22.5 Å². The van der Waals surface area contributed by atoms with Crippen molar-refractivity contribution in [2.24, 2.45) is 0 Å². The van der Waals surface area contributed by atoms with Gasteiger partial charge in [-0.15, -0.1) is 11.3 Å². The molecule has 1 amide bonds. The molecule has 1 aliphatic rings. The normalized spacial score (nSPS) is 12.3. The molecule has 0 aliphatic heterocycles. The highest BCUT2D eigenvalue weighted by molar-refractivity contribution is 7.12. The molecule has 0 bridgehead atoms. The molecule has 3 aromatic rings. The van der Waals surface area contributed by atoms with Gasteiger partial charge in [0.25, 0.3) is 0 Å². The van der Waals surface area contributed by atoms with Crippen LogP contribution in [-0.4, -0.2) is 23.8 Å². The van der Waals surface area contributed by atoms with Crippen LogP contribution in [0.15, 0.2) is 60.0 Å². The van der Waals surface area contributed by atoms with Crippen molar-refractivity contribution in [2.75, 3.05) is 11.9 Å². The number of aromatic carboxylic acids is 1. The standard InChI is InChI=1S/C20H15NO4S/c22-19(23)18-9-12(11-26-18)21-20(24)25-10-17-15-7-3-1-5-13(15)14-6-2-4-8-16(14)17/h1-9,11,17H,10H2,(H,21,24)(H,22,23). The van der Waals surface area contributed by atoms with Crippen LogP contribution in [0, 0.1) is 0 Å². The number of amides is 1. The first-order valence-corrected chi connectivity index (χ1v) is 8.95. The average molecular weight is 365 g/mol. The van der Waals surface area contributed by atoms with Gasteiger partial charge in [-0.3, -0.25) is 5.32 Å². The largest absolute Gasteiger partial charge is 0.477 e. The summed E-state index contributed by atoms with van der Waals surface area (Å²) in [5.41, 5.74) is 5.04. The summed E-state index contributed by atoms with van der Waals surface area (Å²) in [7, 11) is 0. The first kappa shape index (κ1) is 16.4. The second kappa shape index (κ2) is 6.65. The highest BCUT2D eigenvalue weighted by atomic mass is 32.1. The second-order valence-electron chi connectivity index (χ2n) is 5.96. The zero-order valence-corrected chi connectivity index (χ0v) is 14.5. The number of thiophene rings is 1. The fraction of sp³-hybridized carbons (Fsp3) is 0.100. The zero-order valence-electron chi connectivity index (χ0n) is 13.6. The molecule has 0 saturated heterocycles. The first-order chi connectivity index (χ1) is 12.6. The van der Waals surface area contributed by atoms with Crippen LogP contribution in [0.2, 0.25) is 0 Å². The molecule has 0 saturated carbocycles. The van der Waals surface area contributed by atoms with Crippen LogP contribution in [0.4, 0.5) is 10.5 Å². The van der Waals surface area contributed by atoms with Crippen molar-refractivity contribution < 1.29 is 19.4 Å². The third-order valence-electron chi connectivity index (χ3n) is 4.40. The topological polar surface area (TPSA) is 75.6 Å². The lowest BCUT2D eigenvalue weighted by Crippen LogP contribution is -2.17. The molecule has 2 N–H and O–H groups in total. The number of rotatable bonds is 4. The van der Waals surface area contributed by atoms with Gasteiger partial charge in [0.1, 0.15) is 11.5 Å². The number of carbonyl (C=O) groups excluding carboxylic acids is 1. The van der Waals surface area contributed by atoms with E-state index in [1.165, 1.54) is 17.2 Å². The van der Waals surface area contributed by atoms with E-state index in [1.807, 2.05) is 24.3 Å². The van der Waals surface area contributed by atoms with Crippen LogP contribution in [0.1, 0.15) is 26.7 Å². The van der Waals surface area contributed by atoms with Crippen LogP contribution >= 0.6 is 11.3 Å². The molecule has 1 heterocycles. The smallest absolute Gasteiger partial charge is 0.411 e. The quantitative estimate of drug-likeness (QED) is 0.696. The number of carboxylic acids is 1. The summed E-state index contributed by atoms with van der Waals surface area (Å²) in [6.45, 7) is 0.218. The van der Waals surface area contributed by atoms with Crippen LogP contribution < -0.4 is 5.32 Å². The Morgan fingerprint density at radius 2 is 1.65 bits per heavy atom. The Balaban J connectivity index is 1.47. The highest BCUT2D eigenvalue weighted by Gasteiger charge is 2.29. The maximum Gasteiger partial charge on any atom is 0.411 e. The molecule has 1 aromatic heterocycles. The Hall–Kier alpha value is -3.12. The molecule has 1 aliphatic carbocycles. The molecule has 0 unspecified atom stereocenters. The first-order valence-electron chi connectivity index (χ1n) is 8.07. The predicted molar refractivity (Wildman–Crippen MR) is 100.0 cm³/mol. The van der Waals surface area contributed by atoms with Crippen molar-refractivity contribution in [1.29, 1.82) is 0 Å². The molecule has 4 rings (SSSR count). The summed E-state index contributed by atoms with van der Waals surface area (Å²) in [6.07, 6.45) is -0.596. The Morgan fingerprint density at radius 3 is 2.23 bits per heavy atom. The number of ether oxygens (including phenoxy) is 1. The van der Waals surface area contributed by atoms with Gasteiger partial charge in [-0.05, 0) is 28.3 Å². The van der Waals surface area contributed by atoms with Crippen molar-refractivity contribution >= 4 is 29.1 Å². The van der Waals surface area contributed by atoms with E-state index < -0.39 is 12.1 Å². The third kappa shape index (κ3) is 2.95. The maximum absolute atomic E-state index is 12.1. The van der Waals surface area contributed by atoms with E-state index >= 15 is 0 Å². The minimum atomic E-state index is -1.02. The summed E-state index contributed by atoms with van der Waals surface area (Å²) < 4.78 is 5.42. The second-order valence-corrected chi connectivity index (χ2v) is 6.87. The Bertz CT molecular complexity index is 949. The summed E-state index contributed by atoms with van der Waals surface area (Å²) >= 11 is 1.05. The fourth-order valence-electron chi connectivity index (χ4n) is 3.27. The Kier molecular flexibility index (Phi) is 4.18. The lowest BCUT2D eigenvalue weighted by molar-refractivity contribution is 0.0702. The number of hydrogen-bond acceptors (Lipinski definition) is 4. The zero-order chi connectivity index (χ0) is 18.1. The van der Waals surface area contributed by atoms with Crippen LogP contribution in [0.25, 0.3) is 11.1 Å². The van der Waals surface area contributed by atoms with E-state index in [4.69, 9.17) is 9.84 Å². The SMILES string of the molecule is O=C(Nc1csc(C(=O)O)c1)OCC1c2ccccc2-c2ccccc21. The lowest BCUT2D eigenvalue weighted by Gasteiger charge is -2.14. The van der Waals surface area contributed by atoms with E-state index in [2.05, 4.69) is 29.6 Å². The number of benzene rings is 2. The molecular formula is C20H15NO4S. The van der Waals surface area contributed by atoms with Gasteiger partial charge in [0.15, 0.2) is 0 Å². The molecular weight excluding hydrogens is 350 g/mol. The predicted octanol–water partition coefficient (Wildman–Crippen LogP) is 4.81. The minimum Gasteiger partial charge on any atom is -0.477 e. The van der Waals surface area contributed by atoms with E-state index in [-0.39, 0.29) is 17.4 Å². The number of fused-ring (bicyclic) bond motifs is 3. The van der Waals surface area contributed by atoms with Gasteiger partial charge in [-0.1, -0.05) is 48.5 Å². The summed E-state index contributed by atoms with van der Waals surface area (Å²) in [5.74, 6) is -1.03. The molecule has 0 radical (unpaired) electrons. The number of carboxylic acid groups (broad SMARTS) is 1.